The van der Waals surface area contributed by atoms with Crippen LogP contribution < -0.4 is 11.1 Å². The van der Waals surface area contributed by atoms with Crippen LogP contribution in [0.3, 0.4) is 0 Å². The minimum Gasteiger partial charge on any atom is -0.396 e. The predicted octanol–water partition coefficient (Wildman–Crippen LogP) is 1.45. The molecule has 6 heteroatoms. The van der Waals surface area contributed by atoms with Crippen LogP contribution in [0, 0.1) is 0 Å². The molecule has 1 aromatic carbocycles. The van der Waals surface area contributed by atoms with Crippen molar-refractivity contribution in [3.05, 3.63) is 47.9 Å². The van der Waals surface area contributed by atoms with Crippen molar-refractivity contribution in [1.29, 1.82) is 0 Å². The summed E-state index contributed by atoms with van der Waals surface area (Å²) >= 11 is 0. The number of hydrogen-bond acceptors (Lipinski definition) is 3. The van der Waals surface area contributed by atoms with Crippen LogP contribution in [0.5, 0.6) is 0 Å². The van der Waals surface area contributed by atoms with Crippen LogP contribution in [0.25, 0.3) is 10.9 Å². The van der Waals surface area contributed by atoms with Gasteiger partial charge >= 0.3 is 0 Å². The van der Waals surface area contributed by atoms with Gasteiger partial charge in [0.05, 0.1) is 11.9 Å². The van der Waals surface area contributed by atoms with E-state index in [0.29, 0.717) is 17.9 Å². The largest absolute Gasteiger partial charge is 0.396 e. The average Bonchev–Trinajstić information content (AvgIpc) is 3.05. The highest BCUT2D eigenvalue weighted by molar-refractivity contribution is 5.96. The van der Waals surface area contributed by atoms with Crippen molar-refractivity contribution in [2.45, 2.75) is 6.42 Å². The van der Waals surface area contributed by atoms with E-state index in [2.05, 4.69) is 26.6 Å². The highest BCUT2D eigenvalue weighted by Crippen LogP contribution is 2.17. The molecule has 1 amide bonds. The van der Waals surface area contributed by atoms with E-state index in [4.69, 9.17) is 5.73 Å². The SMILES string of the molecule is Nc1cn[nH]c1C(=O)NCCc1c[nH]c2ccccc12. The number of amides is 1. The first-order valence-electron chi connectivity index (χ1n) is 6.38. The molecule has 0 aliphatic carbocycles. The molecule has 0 spiro atoms. The van der Waals surface area contributed by atoms with Gasteiger partial charge < -0.3 is 16.0 Å². The van der Waals surface area contributed by atoms with Crippen molar-refractivity contribution in [2.75, 3.05) is 12.3 Å². The van der Waals surface area contributed by atoms with Crippen LogP contribution in [0.15, 0.2) is 36.7 Å². The zero-order valence-electron chi connectivity index (χ0n) is 10.8. The van der Waals surface area contributed by atoms with Gasteiger partial charge in [-0.3, -0.25) is 9.89 Å². The number of nitrogens with two attached hydrogens (primary N) is 1. The first-order valence-corrected chi connectivity index (χ1v) is 6.38. The lowest BCUT2D eigenvalue weighted by Crippen LogP contribution is -2.26. The first kappa shape index (κ1) is 12.3. The summed E-state index contributed by atoms with van der Waals surface area (Å²) in [6, 6.07) is 8.09. The summed E-state index contributed by atoms with van der Waals surface area (Å²) in [6.45, 7) is 0.541. The van der Waals surface area contributed by atoms with Gasteiger partial charge in [-0.25, -0.2) is 0 Å². The summed E-state index contributed by atoms with van der Waals surface area (Å²) in [5.41, 5.74) is 8.57. The van der Waals surface area contributed by atoms with E-state index in [1.54, 1.807) is 0 Å². The summed E-state index contributed by atoms with van der Waals surface area (Å²) in [4.78, 5) is 15.1. The van der Waals surface area contributed by atoms with Crippen LogP contribution in [0.1, 0.15) is 16.1 Å². The number of anilines is 1. The van der Waals surface area contributed by atoms with Gasteiger partial charge in [-0.1, -0.05) is 18.2 Å². The summed E-state index contributed by atoms with van der Waals surface area (Å²) in [5.74, 6) is -0.236. The van der Waals surface area contributed by atoms with Gasteiger partial charge in [-0.2, -0.15) is 5.10 Å². The number of aromatic amines is 2. The van der Waals surface area contributed by atoms with E-state index in [1.807, 2.05) is 24.4 Å². The van der Waals surface area contributed by atoms with Crippen molar-refractivity contribution in [3.8, 4) is 0 Å². The molecule has 3 rings (SSSR count). The molecule has 2 aromatic heterocycles. The Hall–Kier alpha value is -2.76. The molecule has 2 heterocycles. The monoisotopic (exact) mass is 269 g/mol. The van der Waals surface area contributed by atoms with Gasteiger partial charge in [-0.15, -0.1) is 0 Å². The third-order valence-electron chi connectivity index (χ3n) is 3.25. The molecule has 0 aliphatic rings. The highest BCUT2D eigenvalue weighted by Gasteiger charge is 2.11. The second-order valence-corrected chi connectivity index (χ2v) is 4.57. The molecular formula is C14H15N5O. The Morgan fingerprint density at radius 1 is 1.35 bits per heavy atom. The Balaban J connectivity index is 1.63. The number of para-hydroxylation sites is 1. The standard InChI is InChI=1S/C14H15N5O/c15-11-8-18-19-13(11)14(20)16-6-5-9-7-17-12-4-2-1-3-10(9)12/h1-4,7-8,17H,5-6,15H2,(H,16,20)(H,18,19). The number of rotatable bonds is 4. The number of hydrogen-bond donors (Lipinski definition) is 4. The number of carbonyl (C=O) groups excluding carboxylic acids is 1. The van der Waals surface area contributed by atoms with E-state index in [-0.39, 0.29) is 5.91 Å². The minimum atomic E-state index is -0.236. The fourth-order valence-corrected chi connectivity index (χ4v) is 2.21. The first-order chi connectivity index (χ1) is 9.75. The van der Waals surface area contributed by atoms with Gasteiger partial charge in [0.2, 0.25) is 0 Å². The van der Waals surface area contributed by atoms with E-state index < -0.39 is 0 Å². The Morgan fingerprint density at radius 3 is 3.00 bits per heavy atom. The molecule has 102 valence electrons. The molecule has 20 heavy (non-hydrogen) atoms. The Labute approximate surface area is 115 Å². The van der Waals surface area contributed by atoms with Crippen LogP contribution in [0.4, 0.5) is 5.69 Å². The topological polar surface area (TPSA) is 99.6 Å². The summed E-state index contributed by atoms with van der Waals surface area (Å²) in [6.07, 6.45) is 4.15. The smallest absolute Gasteiger partial charge is 0.271 e. The predicted molar refractivity (Wildman–Crippen MR) is 77.3 cm³/mol. The van der Waals surface area contributed by atoms with Crippen LogP contribution >= 0.6 is 0 Å². The molecule has 0 atom stereocenters. The molecule has 0 bridgehead atoms. The number of H-pyrrole nitrogens is 2. The van der Waals surface area contributed by atoms with Crippen molar-refractivity contribution >= 4 is 22.5 Å². The number of fused-ring (bicyclic) bond motifs is 1. The summed E-state index contributed by atoms with van der Waals surface area (Å²) in [7, 11) is 0. The van der Waals surface area contributed by atoms with Crippen LogP contribution in [-0.4, -0.2) is 27.6 Å². The van der Waals surface area contributed by atoms with Crippen LogP contribution in [0.2, 0.25) is 0 Å². The van der Waals surface area contributed by atoms with Gasteiger partial charge in [0.1, 0.15) is 5.69 Å². The van der Waals surface area contributed by atoms with Crippen molar-refractivity contribution in [2.24, 2.45) is 0 Å². The maximum Gasteiger partial charge on any atom is 0.271 e. The van der Waals surface area contributed by atoms with E-state index >= 15 is 0 Å². The molecule has 0 unspecified atom stereocenters. The van der Waals surface area contributed by atoms with Gasteiger partial charge in [0, 0.05) is 23.6 Å². The summed E-state index contributed by atoms with van der Waals surface area (Å²) < 4.78 is 0. The maximum atomic E-state index is 11.8. The zero-order chi connectivity index (χ0) is 13.9. The molecule has 0 saturated carbocycles. The summed E-state index contributed by atoms with van der Waals surface area (Å²) in [5, 5.41) is 10.3. The number of aromatic nitrogens is 3. The number of nitrogen functional groups attached to an aromatic ring is 1. The molecular weight excluding hydrogens is 254 g/mol. The Morgan fingerprint density at radius 2 is 2.20 bits per heavy atom. The Kier molecular flexibility index (Phi) is 3.12. The van der Waals surface area contributed by atoms with Crippen molar-refractivity contribution in [3.63, 3.8) is 0 Å². The third-order valence-corrected chi connectivity index (χ3v) is 3.25. The number of carbonyl (C=O) groups is 1. The lowest BCUT2D eigenvalue weighted by atomic mass is 10.1. The number of benzene rings is 1. The third kappa shape index (κ3) is 2.23. The van der Waals surface area contributed by atoms with Crippen molar-refractivity contribution in [1.82, 2.24) is 20.5 Å². The molecule has 3 aromatic rings. The van der Waals surface area contributed by atoms with E-state index in [9.17, 15) is 4.79 Å². The maximum absolute atomic E-state index is 11.8. The highest BCUT2D eigenvalue weighted by atomic mass is 16.1. The Bertz CT molecular complexity index is 743. The van der Waals surface area contributed by atoms with Gasteiger partial charge in [0.25, 0.3) is 5.91 Å². The second kappa shape index (κ2) is 5.08. The molecule has 5 N–H and O–H groups in total. The number of nitrogens with zero attached hydrogens (tertiary/aromatic N) is 1. The fraction of sp³-hybridized carbons (Fsp3) is 0.143. The van der Waals surface area contributed by atoms with Crippen molar-refractivity contribution < 1.29 is 4.79 Å². The average molecular weight is 269 g/mol. The van der Waals surface area contributed by atoms with Gasteiger partial charge in [-0.05, 0) is 18.1 Å². The molecule has 0 aliphatic heterocycles. The molecule has 0 fully saturated rings. The fourth-order valence-electron chi connectivity index (χ4n) is 2.21. The van der Waals surface area contributed by atoms with Crippen LogP contribution in [-0.2, 0) is 6.42 Å². The molecule has 6 nitrogen and oxygen atoms in total. The zero-order valence-corrected chi connectivity index (χ0v) is 10.8. The van der Waals surface area contributed by atoms with Gasteiger partial charge in [0.15, 0.2) is 0 Å². The number of nitrogens with one attached hydrogen (secondary N) is 3. The molecule has 0 radical (unpaired) electrons. The minimum absolute atomic E-state index is 0.236. The lowest BCUT2D eigenvalue weighted by Gasteiger charge is -2.03. The van der Waals surface area contributed by atoms with E-state index in [0.717, 1.165) is 11.9 Å². The quantitative estimate of drug-likeness (QED) is 0.576. The normalized spacial score (nSPS) is 10.8. The van der Waals surface area contributed by atoms with E-state index in [1.165, 1.54) is 17.1 Å². The second-order valence-electron chi connectivity index (χ2n) is 4.57. The lowest BCUT2D eigenvalue weighted by molar-refractivity contribution is 0.0950. The molecule has 0 saturated heterocycles.